The van der Waals surface area contributed by atoms with Gasteiger partial charge in [0.15, 0.2) is 0 Å². The maximum atomic E-state index is 10.0. The van der Waals surface area contributed by atoms with Crippen LogP contribution in [0.1, 0.15) is 17.3 Å². The summed E-state index contributed by atoms with van der Waals surface area (Å²) >= 11 is 0. The molecule has 0 saturated carbocycles. The van der Waals surface area contributed by atoms with Crippen LogP contribution in [0.4, 0.5) is 0 Å². The molecule has 0 saturated heterocycles. The molecule has 1 nitrogen and oxygen atoms in total. The number of carbonyl (C=O) groups excluding carboxylic acids is 1. The second kappa shape index (κ2) is 7.04. The van der Waals surface area contributed by atoms with Crippen molar-refractivity contribution in [2.24, 2.45) is 0 Å². The van der Waals surface area contributed by atoms with Crippen molar-refractivity contribution >= 4 is 6.29 Å². The van der Waals surface area contributed by atoms with Crippen LogP contribution in [-0.4, -0.2) is 6.29 Å². The van der Waals surface area contributed by atoms with E-state index in [-0.39, 0.29) is 0 Å². The van der Waals surface area contributed by atoms with Crippen molar-refractivity contribution in [3.05, 3.63) is 60.7 Å². The average molecular weight is 174 g/mol. The van der Waals surface area contributed by atoms with E-state index >= 15 is 0 Å². The first kappa shape index (κ1) is 11.4. The third-order valence-corrected chi connectivity index (χ3v) is 1.28. The van der Waals surface area contributed by atoms with Crippen LogP contribution in [0.5, 0.6) is 0 Å². The van der Waals surface area contributed by atoms with Crippen LogP contribution in [0.15, 0.2) is 55.1 Å². The fraction of sp³-hybridized carbons (Fsp3) is 0.0833. The van der Waals surface area contributed by atoms with Gasteiger partial charge in [-0.05, 0) is 6.92 Å². The number of aldehydes is 1. The second-order valence-electron chi connectivity index (χ2n) is 2.58. The van der Waals surface area contributed by atoms with Crippen LogP contribution < -0.4 is 0 Å². The Morgan fingerprint density at radius 1 is 1.31 bits per heavy atom. The smallest absolute Gasteiger partial charge is 0.150 e. The Morgan fingerprint density at radius 3 is 2.00 bits per heavy atom. The Morgan fingerprint density at radius 2 is 1.77 bits per heavy atom. The van der Waals surface area contributed by atoms with Gasteiger partial charge in [-0.3, -0.25) is 4.79 Å². The van der Waals surface area contributed by atoms with Gasteiger partial charge >= 0.3 is 0 Å². The molecule has 0 aliphatic rings. The fourth-order valence-corrected chi connectivity index (χ4v) is 0.532. The molecule has 1 heteroatoms. The number of hydrogen-bond acceptors (Lipinski definition) is 1. The maximum Gasteiger partial charge on any atom is 0.150 e. The molecule has 0 aliphatic carbocycles. The van der Waals surface area contributed by atoms with Crippen molar-refractivity contribution in [1.82, 2.24) is 0 Å². The molecule has 0 atom stereocenters. The zero-order chi connectivity index (χ0) is 10.1. The van der Waals surface area contributed by atoms with Crippen molar-refractivity contribution in [2.75, 3.05) is 0 Å². The van der Waals surface area contributed by atoms with Gasteiger partial charge in [0.1, 0.15) is 6.29 Å². The Labute approximate surface area is 79.4 Å². The minimum absolute atomic E-state index is 0.729. The lowest BCUT2D eigenvalue weighted by Crippen LogP contribution is -1.73. The highest BCUT2D eigenvalue weighted by Crippen LogP contribution is 1.91. The van der Waals surface area contributed by atoms with Gasteiger partial charge in [0, 0.05) is 5.56 Å². The largest absolute Gasteiger partial charge is 0.298 e. The van der Waals surface area contributed by atoms with Crippen molar-refractivity contribution in [3.63, 3.8) is 0 Å². The molecule has 0 aliphatic heterocycles. The minimum Gasteiger partial charge on any atom is -0.298 e. The van der Waals surface area contributed by atoms with Crippen molar-refractivity contribution < 1.29 is 4.79 Å². The topological polar surface area (TPSA) is 17.1 Å². The van der Waals surface area contributed by atoms with Gasteiger partial charge in [-0.25, -0.2) is 0 Å². The van der Waals surface area contributed by atoms with Gasteiger partial charge in [-0.2, -0.15) is 0 Å². The Kier molecular flexibility index (Phi) is 6.16. The van der Waals surface area contributed by atoms with E-state index in [0.717, 1.165) is 17.4 Å². The van der Waals surface area contributed by atoms with Crippen LogP contribution in [0, 0.1) is 0 Å². The molecule has 1 rings (SSSR count). The van der Waals surface area contributed by atoms with E-state index in [9.17, 15) is 4.79 Å². The number of rotatable bonds is 2. The summed E-state index contributed by atoms with van der Waals surface area (Å²) in [4.78, 5) is 10.0. The molecular weight excluding hydrogens is 160 g/mol. The highest BCUT2D eigenvalue weighted by Gasteiger charge is 1.79. The van der Waals surface area contributed by atoms with E-state index in [1.807, 2.05) is 25.1 Å². The first-order valence-corrected chi connectivity index (χ1v) is 3.99. The third-order valence-electron chi connectivity index (χ3n) is 1.28. The van der Waals surface area contributed by atoms with E-state index in [1.54, 1.807) is 18.2 Å². The highest BCUT2D eigenvalue weighted by molar-refractivity contribution is 5.74. The quantitative estimate of drug-likeness (QED) is 0.497. The molecule has 0 fully saturated rings. The number of carbonyl (C=O) groups is 1. The summed E-state index contributed by atoms with van der Waals surface area (Å²) in [6.07, 6.45) is 2.56. The summed E-state index contributed by atoms with van der Waals surface area (Å²) in [7, 11) is 0. The summed E-state index contributed by atoms with van der Waals surface area (Å²) < 4.78 is 0. The first-order valence-electron chi connectivity index (χ1n) is 3.99. The SMILES string of the molecule is C=CC(=C)C.O=Cc1ccccc1. The number of benzene rings is 1. The van der Waals surface area contributed by atoms with Crippen molar-refractivity contribution in [2.45, 2.75) is 6.92 Å². The molecular formula is C12H14O. The predicted octanol–water partition coefficient (Wildman–Crippen LogP) is 3.25. The summed E-state index contributed by atoms with van der Waals surface area (Å²) in [5.74, 6) is 0. The monoisotopic (exact) mass is 174 g/mol. The lowest BCUT2D eigenvalue weighted by atomic mass is 10.2. The van der Waals surface area contributed by atoms with Crippen LogP contribution in [-0.2, 0) is 0 Å². The normalized spacial score (nSPS) is 7.77. The molecule has 0 amide bonds. The molecule has 0 heterocycles. The van der Waals surface area contributed by atoms with Crippen LogP contribution in [0.3, 0.4) is 0 Å². The molecule has 68 valence electrons. The highest BCUT2D eigenvalue weighted by atomic mass is 16.1. The minimum atomic E-state index is 0.729. The zero-order valence-electron chi connectivity index (χ0n) is 7.86. The molecule has 0 spiro atoms. The molecule has 0 unspecified atom stereocenters. The van der Waals surface area contributed by atoms with E-state index in [2.05, 4.69) is 13.2 Å². The molecule has 0 aromatic heterocycles. The average Bonchev–Trinajstić information content (AvgIpc) is 2.20. The van der Waals surface area contributed by atoms with Crippen LogP contribution >= 0.6 is 0 Å². The van der Waals surface area contributed by atoms with Gasteiger partial charge in [0.05, 0.1) is 0 Å². The molecule has 0 bridgehead atoms. The lowest BCUT2D eigenvalue weighted by Gasteiger charge is -1.81. The standard InChI is InChI=1S/C7H6O.C5H8/c8-6-7-4-2-1-3-5-7;1-4-5(2)3/h1-6H;4H,1-2H2,3H3. The summed E-state index contributed by atoms with van der Waals surface area (Å²) in [5.41, 5.74) is 1.75. The predicted molar refractivity (Wildman–Crippen MR) is 56.8 cm³/mol. The Bertz CT molecular complexity index is 272. The van der Waals surface area contributed by atoms with E-state index < -0.39 is 0 Å². The van der Waals surface area contributed by atoms with Gasteiger partial charge in [-0.15, -0.1) is 0 Å². The van der Waals surface area contributed by atoms with E-state index in [1.165, 1.54) is 0 Å². The fourth-order valence-electron chi connectivity index (χ4n) is 0.532. The number of hydrogen-bond donors (Lipinski definition) is 0. The molecule has 0 N–H and O–H groups in total. The lowest BCUT2D eigenvalue weighted by molar-refractivity contribution is 0.112. The van der Waals surface area contributed by atoms with Gasteiger partial charge in [-0.1, -0.05) is 55.1 Å². The van der Waals surface area contributed by atoms with Crippen molar-refractivity contribution in [1.29, 1.82) is 0 Å². The maximum absolute atomic E-state index is 10.0. The van der Waals surface area contributed by atoms with Crippen LogP contribution in [0.25, 0.3) is 0 Å². The Balaban J connectivity index is 0.000000252. The number of allylic oxidation sites excluding steroid dienone is 2. The second-order valence-corrected chi connectivity index (χ2v) is 2.58. The molecule has 0 radical (unpaired) electrons. The summed E-state index contributed by atoms with van der Waals surface area (Å²) in [6.45, 7) is 8.93. The van der Waals surface area contributed by atoms with E-state index in [4.69, 9.17) is 0 Å². The van der Waals surface area contributed by atoms with Crippen molar-refractivity contribution in [3.8, 4) is 0 Å². The van der Waals surface area contributed by atoms with Gasteiger partial charge in [0.2, 0.25) is 0 Å². The molecule has 13 heavy (non-hydrogen) atoms. The zero-order valence-corrected chi connectivity index (χ0v) is 7.86. The Hall–Kier alpha value is -1.63. The van der Waals surface area contributed by atoms with E-state index in [0.29, 0.717) is 0 Å². The molecule has 1 aromatic carbocycles. The molecule has 1 aromatic rings. The van der Waals surface area contributed by atoms with Gasteiger partial charge in [0.25, 0.3) is 0 Å². The van der Waals surface area contributed by atoms with Gasteiger partial charge < -0.3 is 0 Å². The third kappa shape index (κ3) is 6.76. The summed E-state index contributed by atoms with van der Waals surface area (Å²) in [5, 5.41) is 0. The van der Waals surface area contributed by atoms with Crippen LogP contribution in [0.2, 0.25) is 0 Å². The summed E-state index contributed by atoms with van der Waals surface area (Å²) in [6, 6.07) is 9.10. The first-order chi connectivity index (χ1) is 6.20.